The molecule has 0 unspecified atom stereocenters. The zero-order valence-electron chi connectivity index (χ0n) is 18.2. The molecule has 2 N–H and O–H groups in total. The number of halogens is 1. The number of nitriles is 1. The number of benzene rings is 2. The topological polar surface area (TPSA) is 75.2 Å². The SMILES string of the molecule is Cc1cc(C#N)ccc1N1CCN(Cc2cc(F)c3c4c(c(=O)[nH]c3c2)CCCN4)CC1. The van der Waals surface area contributed by atoms with Gasteiger partial charge in [0.15, 0.2) is 0 Å². The Bertz CT molecular complexity index is 1280. The molecular weight excluding hydrogens is 405 g/mol. The fourth-order valence-corrected chi connectivity index (χ4v) is 4.97. The van der Waals surface area contributed by atoms with E-state index in [1.54, 1.807) is 6.07 Å². The maximum absolute atomic E-state index is 15.1. The molecule has 1 aromatic heterocycles. The van der Waals surface area contributed by atoms with Crippen molar-refractivity contribution in [1.82, 2.24) is 9.88 Å². The van der Waals surface area contributed by atoms with Crippen molar-refractivity contribution in [3.63, 3.8) is 0 Å². The number of anilines is 2. The molecule has 0 atom stereocenters. The van der Waals surface area contributed by atoms with E-state index in [-0.39, 0.29) is 11.4 Å². The fraction of sp³-hybridized carbons (Fsp3) is 0.360. The van der Waals surface area contributed by atoms with Crippen LogP contribution in [0.1, 0.15) is 28.7 Å². The summed E-state index contributed by atoms with van der Waals surface area (Å²) in [4.78, 5) is 20.0. The molecule has 5 rings (SSSR count). The lowest BCUT2D eigenvalue weighted by Gasteiger charge is -2.37. The van der Waals surface area contributed by atoms with Gasteiger partial charge in [0.25, 0.3) is 5.56 Å². The van der Waals surface area contributed by atoms with Crippen molar-refractivity contribution in [2.24, 2.45) is 0 Å². The summed E-state index contributed by atoms with van der Waals surface area (Å²) in [6.45, 7) is 6.90. The lowest BCUT2D eigenvalue weighted by Crippen LogP contribution is -2.46. The number of aryl methyl sites for hydroxylation is 1. The van der Waals surface area contributed by atoms with Crippen molar-refractivity contribution in [1.29, 1.82) is 5.26 Å². The van der Waals surface area contributed by atoms with Crippen LogP contribution in [0.3, 0.4) is 0 Å². The van der Waals surface area contributed by atoms with Crippen LogP contribution in [0.15, 0.2) is 35.1 Å². The minimum atomic E-state index is -0.286. The maximum atomic E-state index is 15.1. The van der Waals surface area contributed by atoms with Gasteiger partial charge in [0, 0.05) is 50.5 Å². The number of fused-ring (bicyclic) bond motifs is 3. The first kappa shape index (κ1) is 20.5. The van der Waals surface area contributed by atoms with E-state index in [0.29, 0.717) is 40.7 Å². The van der Waals surface area contributed by atoms with E-state index < -0.39 is 0 Å². The fourth-order valence-electron chi connectivity index (χ4n) is 4.97. The molecule has 6 nitrogen and oxygen atoms in total. The molecule has 0 saturated carbocycles. The molecule has 3 aromatic rings. The first-order valence-corrected chi connectivity index (χ1v) is 11.1. The van der Waals surface area contributed by atoms with Gasteiger partial charge in [-0.1, -0.05) is 0 Å². The minimum absolute atomic E-state index is 0.123. The van der Waals surface area contributed by atoms with Crippen LogP contribution in [0.5, 0.6) is 0 Å². The number of aromatic nitrogens is 1. The third-order valence-corrected chi connectivity index (χ3v) is 6.57. The molecule has 7 heteroatoms. The van der Waals surface area contributed by atoms with Crippen LogP contribution >= 0.6 is 0 Å². The molecule has 32 heavy (non-hydrogen) atoms. The molecule has 0 bridgehead atoms. The summed E-state index contributed by atoms with van der Waals surface area (Å²) >= 11 is 0. The summed E-state index contributed by atoms with van der Waals surface area (Å²) in [6.07, 6.45) is 1.56. The Hall–Kier alpha value is -3.37. The molecule has 2 aliphatic rings. The van der Waals surface area contributed by atoms with Gasteiger partial charge in [-0.2, -0.15) is 5.26 Å². The van der Waals surface area contributed by atoms with Crippen LogP contribution in [0, 0.1) is 24.1 Å². The van der Waals surface area contributed by atoms with Crippen LogP contribution in [0.4, 0.5) is 15.8 Å². The zero-order chi connectivity index (χ0) is 22.2. The molecule has 164 valence electrons. The summed E-state index contributed by atoms with van der Waals surface area (Å²) in [5.74, 6) is -0.286. The number of nitrogens with one attached hydrogen (secondary N) is 2. The Labute approximate surface area is 186 Å². The number of piperazine rings is 1. The van der Waals surface area contributed by atoms with Crippen molar-refractivity contribution in [3.8, 4) is 6.07 Å². The number of rotatable bonds is 3. The molecule has 1 saturated heterocycles. The summed E-state index contributed by atoms with van der Waals surface area (Å²) in [7, 11) is 0. The second kappa shape index (κ2) is 8.29. The summed E-state index contributed by atoms with van der Waals surface area (Å²) < 4.78 is 15.1. The Kier molecular flexibility index (Phi) is 5.32. The van der Waals surface area contributed by atoms with Gasteiger partial charge < -0.3 is 15.2 Å². The van der Waals surface area contributed by atoms with Gasteiger partial charge in [0.1, 0.15) is 5.82 Å². The second-order valence-corrected chi connectivity index (χ2v) is 8.71. The van der Waals surface area contributed by atoms with E-state index in [2.05, 4.69) is 26.2 Å². The van der Waals surface area contributed by atoms with Crippen molar-refractivity contribution < 1.29 is 4.39 Å². The largest absolute Gasteiger partial charge is 0.384 e. The molecule has 0 spiro atoms. The first-order chi connectivity index (χ1) is 15.5. The Balaban J connectivity index is 1.33. The van der Waals surface area contributed by atoms with Crippen molar-refractivity contribution in [2.45, 2.75) is 26.3 Å². The third kappa shape index (κ3) is 3.71. The molecule has 1 fully saturated rings. The lowest BCUT2D eigenvalue weighted by atomic mass is 10.00. The summed E-state index contributed by atoms with van der Waals surface area (Å²) in [6, 6.07) is 11.5. The molecule has 0 aliphatic carbocycles. The summed E-state index contributed by atoms with van der Waals surface area (Å²) in [5.41, 5.74) is 5.56. The molecule has 2 aromatic carbocycles. The van der Waals surface area contributed by atoms with Gasteiger partial charge in [-0.25, -0.2) is 4.39 Å². The highest BCUT2D eigenvalue weighted by Gasteiger charge is 2.22. The van der Waals surface area contributed by atoms with Gasteiger partial charge in [-0.05, 0) is 61.2 Å². The van der Waals surface area contributed by atoms with Crippen molar-refractivity contribution in [3.05, 3.63) is 68.8 Å². The van der Waals surface area contributed by atoms with Crippen molar-refractivity contribution >= 4 is 22.3 Å². The third-order valence-electron chi connectivity index (χ3n) is 6.57. The van der Waals surface area contributed by atoms with E-state index in [9.17, 15) is 4.79 Å². The Morgan fingerprint density at radius 1 is 1.16 bits per heavy atom. The highest BCUT2D eigenvalue weighted by Crippen LogP contribution is 2.31. The average molecular weight is 432 g/mol. The maximum Gasteiger partial charge on any atom is 0.253 e. The molecule has 0 radical (unpaired) electrons. The summed E-state index contributed by atoms with van der Waals surface area (Å²) in [5, 5.41) is 12.8. The minimum Gasteiger partial charge on any atom is -0.384 e. The van der Waals surface area contributed by atoms with Gasteiger partial charge in [0.05, 0.1) is 28.2 Å². The monoisotopic (exact) mass is 431 g/mol. The van der Waals surface area contributed by atoms with Crippen LogP contribution in [0.2, 0.25) is 0 Å². The number of H-pyrrole nitrogens is 1. The molecule has 3 heterocycles. The van der Waals surface area contributed by atoms with Crippen LogP contribution in [0.25, 0.3) is 10.9 Å². The highest BCUT2D eigenvalue weighted by atomic mass is 19.1. The standard InChI is InChI=1S/C25H26FN5O/c1-16-11-17(14-27)4-5-22(16)31-9-7-30(8-10-31)15-18-12-20(26)23-21(13-18)29-25(32)19-3-2-6-28-24(19)23/h4-5,11-13,28H,2-3,6-10,15H2,1H3,(H,29,32). The van der Waals surface area contributed by atoms with Crippen molar-refractivity contribution in [2.75, 3.05) is 42.9 Å². The Morgan fingerprint density at radius 3 is 2.72 bits per heavy atom. The zero-order valence-corrected chi connectivity index (χ0v) is 18.2. The number of hydrogen-bond acceptors (Lipinski definition) is 5. The van der Waals surface area contributed by atoms with Gasteiger partial charge in [0.2, 0.25) is 0 Å². The number of aromatic amines is 1. The quantitative estimate of drug-likeness (QED) is 0.664. The van der Waals surface area contributed by atoms with E-state index >= 15 is 4.39 Å². The number of pyridine rings is 1. The van der Waals surface area contributed by atoms with Crippen LogP contribution in [-0.4, -0.2) is 42.6 Å². The Morgan fingerprint density at radius 2 is 1.97 bits per heavy atom. The van der Waals surface area contributed by atoms with Crippen LogP contribution in [-0.2, 0) is 13.0 Å². The lowest BCUT2D eigenvalue weighted by molar-refractivity contribution is 0.249. The molecule has 2 aliphatic heterocycles. The van der Waals surface area contributed by atoms with Crippen LogP contribution < -0.4 is 15.8 Å². The van der Waals surface area contributed by atoms with E-state index in [0.717, 1.165) is 56.0 Å². The smallest absolute Gasteiger partial charge is 0.253 e. The number of hydrogen-bond donors (Lipinski definition) is 2. The highest BCUT2D eigenvalue weighted by molar-refractivity contribution is 5.94. The molecule has 0 amide bonds. The van der Waals surface area contributed by atoms with Gasteiger partial charge in [-0.15, -0.1) is 0 Å². The van der Waals surface area contributed by atoms with E-state index in [1.165, 1.54) is 0 Å². The number of nitrogens with zero attached hydrogens (tertiary/aromatic N) is 3. The first-order valence-electron chi connectivity index (χ1n) is 11.1. The predicted molar refractivity (Wildman–Crippen MR) is 125 cm³/mol. The van der Waals surface area contributed by atoms with E-state index in [1.807, 2.05) is 31.2 Å². The normalized spacial score (nSPS) is 16.5. The second-order valence-electron chi connectivity index (χ2n) is 8.71. The van der Waals surface area contributed by atoms with Gasteiger partial charge in [-0.3, -0.25) is 9.69 Å². The van der Waals surface area contributed by atoms with E-state index in [4.69, 9.17) is 5.26 Å². The predicted octanol–water partition coefficient (Wildman–Crippen LogP) is 3.53. The van der Waals surface area contributed by atoms with Gasteiger partial charge >= 0.3 is 0 Å². The molecular formula is C25H26FN5O. The average Bonchev–Trinajstić information content (AvgIpc) is 2.79.